The maximum atomic E-state index is 12.6. The van der Waals surface area contributed by atoms with Gasteiger partial charge in [0.2, 0.25) is 11.7 Å². The highest BCUT2D eigenvalue weighted by molar-refractivity contribution is 6.09. The van der Waals surface area contributed by atoms with Gasteiger partial charge in [-0.2, -0.15) is 0 Å². The number of ketones is 1. The van der Waals surface area contributed by atoms with E-state index in [0.717, 1.165) is 5.39 Å². The Labute approximate surface area is 166 Å². The number of aromatic nitrogens is 1. The summed E-state index contributed by atoms with van der Waals surface area (Å²) >= 11 is 0. The Morgan fingerprint density at radius 2 is 1.86 bits per heavy atom. The summed E-state index contributed by atoms with van der Waals surface area (Å²) in [4.78, 5) is 24.7. The lowest BCUT2D eigenvalue weighted by molar-refractivity contribution is -0.116. The number of anilines is 1. The average molecular weight is 390 g/mol. The number of hydrogen-bond acceptors (Lipinski definition) is 6. The van der Waals surface area contributed by atoms with E-state index in [1.165, 1.54) is 7.11 Å². The molecule has 7 heteroatoms. The van der Waals surface area contributed by atoms with Crippen LogP contribution < -0.4 is 10.1 Å². The van der Waals surface area contributed by atoms with Crippen LogP contribution in [0.5, 0.6) is 5.88 Å². The van der Waals surface area contributed by atoms with Crippen molar-refractivity contribution in [3.63, 3.8) is 0 Å². The molecular formula is C22H18N2O5. The highest BCUT2D eigenvalue weighted by atomic mass is 16.5. The summed E-state index contributed by atoms with van der Waals surface area (Å²) in [6, 6.07) is 17.5. The Morgan fingerprint density at radius 3 is 2.59 bits per heavy atom. The summed E-state index contributed by atoms with van der Waals surface area (Å²) in [7, 11) is 1.50. The molecule has 0 radical (unpaired) electrons. The minimum atomic E-state index is -0.210. The van der Waals surface area contributed by atoms with E-state index in [1.54, 1.807) is 36.4 Å². The van der Waals surface area contributed by atoms with E-state index < -0.39 is 0 Å². The number of ether oxygens (including phenoxy) is 1. The summed E-state index contributed by atoms with van der Waals surface area (Å²) < 4.78 is 15.6. The van der Waals surface area contributed by atoms with Gasteiger partial charge in [0, 0.05) is 35.5 Å². The number of methoxy groups -OCH3 is 1. The van der Waals surface area contributed by atoms with Crippen molar-refractivity contribution in [1.82, 2.24) is 5.16 Å². The maximum absolute atomic E-state index is 12.6. The van der Waals surface area contributed by atoms with Crippen molar-refractivity contribution in [2.75, 3.05) is 12.4 Å². The first-order chi connectivity index (χ1) is 14.1. The summed E-state index contributed by atoms with van der Waals surface area (Å²) in [6.45, 7) is 0. The smallest absolute Gasteiger partial charge is 0.254 e. The molecule has 7 nitrogen and oxygen atoms in total. The molecule has 2 aromatic carbocycles. The third-order valence-corrected chi connectivity index (χ3v) is 4.43. The van der Waals surface area contributed by atoms with Gasteiger partial charge in [0.05, 0.1) is 7.11 Å². The molecule has 0 atom stereocenters. The zero-order valence-electron chi connectivity index (χ0n) is 15.7. The first-order valence-corrected chi connectivity index (χ1v) is 9.05. The van der Waals surface area contributed by atoms with E-state index >= 15 is 0 Å². The van der Waals surface area contributed by atoms with Crippen LogP contribution in [-0.4, -0.2) is 24.0 Å². The molecule has 0 aliphatic rings. The van der Waals surface area contributed by atoms with Crippen LogP contribution in [0.4, 0.5) is 5.69 Å². The number of carbonyl (C=O) groups is 2. The summed E-state index contributed by atoms with van der Waals surface area (Å²) in [5.41, 5.74) is 1.76. The van der Waals surface area contributed by atoms with Gasteiger partial charge in [-0.15, -0.1) is 0 Å². The van der Waals surface area contributed by atoms with Crippen LogP contribution in [0.15, 0.2) is 69.6 Å². The molecule has 0 spiro atoms. The average Bonchev–Trinajstić information content (AvgIpc) is 3.39. The molecule has 1 amide bonds. The number of hydrogen-bond donors (Lipinski definition) is 1. The lowest BCUT2D eigenvalue weighted by Gasteiger charge is -2.05. The number of aryl methyl sites for hydroxylation is 1. The van der Waals surface area contributed by atoms with Crippen LogP contribution in [-0.2, 0) is 11.2 Å². The Hall–Kier alpha value is -3.87. The Balaban J connectivity index is 1.36. The molecule has 0 fully saturated rings. The predicted octanol–water partition coefficient (Wildman–Crippen LogP) is 4.23. The van der Waals surface area contributed by atoms with Crippen LogP contribution >= 0.6 is 0 Å². The minimum absolute atomic E-state index is 0.170. The minimum Gasteiger partial charge on any atom is -0.479 e. The van der Waals surface area contributed by atoms with E-state index in [-0.39, 0.29) is 23.9 Å². The van der Waals surface area contributed by atoms with E-state index in [1.807, 2.05) is 24.3 Å². The number of nitrogens with one attached hydrogen (secondary N) is 1. The fraction of sp³-hybridized carbons (Fsp3) is 0.136. The van der Waals surface area contributed by atoms with E-state index in [2.05, 4.69) is 10.5 Å². The second-order valence-corrected chi connectivity index (χ2v) is 6.44. The van der Waals surface area contributed by atoms with Crippen LogP contribution in [0.25, 0.3) is 11.0 Å². The fourth-order valence-electron chi connectivity index (χ4n) is 2.91. The molecule has 146 valence electrons. The highest BCUT2D eigenvalue weighted by Gasteiger charge is 2.15. The van der Waals surface area contributed by atoms with Crippen LogP contribution in [0.1, 0.15) is 28.3 Å². The van der Waals surface area contributed by atoms with Crippen LogP contribution in [0.2, 0.25) is 0 Å². The number of para-hydroxylation sites is 1. The topological polar surface area (TPSA) is 94.6 Å². The Morgan fingerprint density at radius 1 is 1.07 bits per heavy atom. The molecular weight excluding hydrogens is 372 g/mol. The molecule has 0 saturated heterocycles. The number of carbonyl (C=O) groups excluding carboxylic acids is 2. The zero-order valence-corrected chi connectivity index (χ0v) is 15.7. The highest BCUT2D eigenvalue weighted by Crippen LogP contribution is 2.22. The lowest BCUT2D eigenvalue weighted by atomic mass is 10.1. The van der Waals surface area contributed by atoms with Gasteiger partial charge in [-0.3, -0.25) is 9.59 Å². The SMILES string of the molecule is COc1cc(CCC(=O)Nc2ccc(C(=O)c3cc4ccccc4o3)cc2)on1. The molecule has 4 aromatic rings. The predicted molar refractivity (Wildman–Crippen MR) is 106 cm³/mol. The molecule has 0 unspecified atom stereocenters. The van der Waals surface area contributed by atoms with Crippen molar-refractivity contribution in [2.45, 2.75) is 12.8 Å². The first kappa shape index (κ1) is 18.5. The fourth-order valence-corrected chi connectivity index (χ4v) is 2.91. The number of amides is 1. The van der Waals surface area contributed by atoms with Gasteiger partial charge in [0.1, 0.15) is 11.3 Å². The Bertz CT molecular complexity index is 1120. The molecule has 0 bridgehead atoms. The third kappa shape index (κ3) is 4.19. The van der Waals surface area contributed by atoms with Gasteiger partial charge >= 0.3 is 0 Å². The second-order valence-electron chi connectivity index (χ2n) is 6.44. The number of furan rings is 1. The van der Waals surface area contributed by atoms with Gasteiger partial charge in [0.25, 0.3) is 5.88 Å². The number of fused-ring (bicyclic) bond motifs is 1. The van der Waals surface area contributed by atoms with E-state index in [0.29, 0.717) is 34.9 Å². The maximum Gasteiger partial charge on any atom is 0.254 e. The lowest BCUT2D eigenvalue weighted by Crippen LogP contribution is -2.12. The molecule has 0 aliphatic carbocycles. The van der Waals surface area contributed by atoms with Gasteiger partial charge in [-0.25, -0.2) is 0 Å². The van der Waals surface area contributed by atoms with Crippen molar-refractivity contribution in [3.05, 3.63) is 77.7 Å². The standard InChI is InChI=1S/C22H18N2O5/c1-27-21-13-17(29-24-21)10-11-20(25)23-16-8-6-14(7-9-16)22(26)19-12-15-4-2-3-5-18(15)28-19/h2-9,12-13H,10-11H2,1H3,(H,23,25). The zero-order chi connectivity index (χ0) is 20.2. The van der Waals surface area contributed by atoms with Crippen molar-refractivity contribution in [3.8, 4) is 5.88 Å². The Kier molecular flexibility index (Phi) is 5.11. The van der Waals surface area contributed by atoms with Crippen molar-refractivity contribution < 1.29 is 23.3 Å². The molecule has 0 saturated carbocycles. The molecule has 2 heterocycles. The van der Waals surface area contributed by atoms with Gasteiger partial charge in [0.15, 0.2) is 5.76 Å². The first-order valence-electron chi connectivity index (χ1n) is 9.05. The monoisotopic (exact) mass is 390 g/mol. The summed E-state index contributed by atoms with van der Waals surface area (Å²) in [5.74, 6) is 0.856. The number of nitrogens with zero attached hydrogens (tertiary/aromatic N) is 1. The van der Waals surface area contributed by atoms with Crippen LogP contribution in [0, 0.1) is 0 Å². The van der Waals surface area contributed by atoms with E-state index in [4.69, 9.17) is 13.7 Å². The molecule has 1 N–H and O–H groups in total. The summed E-state index contributed by atoms with van der Waals surface area (Å²) in [5, 5.41) is 7.37. The number of rotatable bonds is 7. The normalized spacial score (nSPS) is 10.8. The summed E-state index contributed by atoms with van der Waals surface area (Å²) in [6.07, 6.45) is 0.642. The largest absolute Gasteiger partial charge is 0.479 e. The molecule has 29 heavy (non-hydrogen) atoms. The molecule has 0 aliphatic heterocycles. The van der Waals surface area contributed by atoms with Crippen molar-refractivity contribution in [2.24, 2.45) is 0 Å². The van der Waals surface area contributed by atoms with Crippen molar-refractivity contribution in [1.29, 1.82) is 0 Å². The van der Waals surface area contributed by atoms with Gasteiger partial charge in [-0.05, 0) is 41.6 Å². The van der Waals surface area contributed by atoms with Gasteiger partial charge < -0.3 is 19.0 Å². The third-order valence-electron chi connectivity index (χ3n) is 4.43. The number of benzene rings is 2. The van der Waals surface area contributed by atoms with E-state index in [9.17, 15) is 9.59 Å². The molecule has 2 aromatic heterocycles. The van der Waals surface area contributed by atoms with Gasteiger partial charge in [-0.1, -0.05) is 18.2 Å². The van der Waals surface area contributed by atoms with Crippen molar-refractivity contribution >= 4 is 28.3 Å². The second kappa shape index (κ2) is 8.02. The van der Waals surface area contributed by atoms with Crippen LogP contribution in [0.3, 0.4) is 0 Å². The molecule has 4 rings (SSSR count). The quantitative estimate of drug-likeness (QED) is 0.475.